The third kappa shape index (κ3) is 4.83. The van der Waals surface area contributed by atoms with E-state index in [1.54, 1.807) is 12.1 Å². The first-order valence-electron chi connectivity index (χ1n) is 11.4. The molecule has 1 aliphatic rings. The van der Waals surface area contributed by atoms with Crippen molar-refractivity contribution in [2.75, 3.05) is 5.32 Å². The zero-order chi connectivity index (χ0) is 25.4. The molecule has 2 N–H and O–H groups in total. The minimum Gasteiger partial charge on any atom is -0.481 e. The van der Waals surface area contributed by atoms with Gasteiger partial charge in [-0.05, 0) is 54.3 Å². The summed E-state index contributed by atoms with van der Waals surface area (Å²) >= 11 is 1.15. The Kier molecular flexibility index (Phi) is 6.26. The Bertz CT molecular complexity index is 1430. The van der Waals surface area contributed by atoms with E-state index in [-0.39, 0.29) is 5.78 Å². The standard InChI is InChI=1S/C27H21F3N2O3S/c28-27(29,30)18-10-13-22-23(14-18)36-26(32-22)31-19-11-8-16(9-12-19)15-4-6-17(7-5-15)24(33)20-2-1-3-21(20)25(34)35/h4-14,20-21H,1-3H2,(H,31,32)(H,34,35)/t20-,21-/m0/s1. The number of aromatic nitrogens is 1. The lowest BCUT2D eigenvalue weighted by Crippen LogP contribution is -2.25. The van der Waals surface area contributed by atoms with Gasteiger partial charge >= 0.3 is 12.1 Å². The summed E-state index contributed by atoms with van der Waals surface area (Å²) < 4.78 is 39.3. The van der Waals surface area contributed by atoms with Crippen LogP contribution < -0.4 is 5.32 Å². The number of nitrogens with zero attached hydrogens (tertiary/aromatic N) is 1. The Balaban J connectivity index is 1.28. The van der Waals surface area contributed by atoms with E-state index in [4.69, 9.17) is 0 Å². The number of carboxylic acids is 1. The topological polar surface area (TPSA) is 79.3 Å². The lowest BCUT2D eigenvalue weighted by Gasteiger charge is -2.14. The monoisotopic (exact) mass is 510 g/mol. The van der Waals surface area contributed by atoms with E-state index < -0.39 is 29.5 Å². The number of nitrogens with one attached hydrogen (secondary N) is 1. The quantitative estimate of drug-likeness (QED) is 0.264. The number of carboxylic acid groups (broad SMARTS) is 1. The second-order valence-electron chi connectivity index (χ2n) is 8.83. The van der Waals surface area contributed by atoms with Crippen LogP contribution in [0.2, 0.25) is 0 Å². The summed E-state index contributed by atoms with van der Waals surface area (Å²) in [5, 5.41) is 13.0. The van der Waals surface area contributed by atoms with E-state index in [9.17, 15) is 27.9 Å². The molecule has 5 rings (SSSR count). The second-order valence-corrected chi connectivity index (χ2v) is 9.86. The van der Waals surface area contributed by atoms with E-state index in [0.29, 0.717) is 33.8 Å². The van der Waals surface area contributed by atoms with Gasteiger partial charge in [-0.15, -0.1) is 0 Å². The predicted octanol–water partition coefficient (Wildman–Crippen LogP) is 7.41. The normalized spacial score (nSPS) is 17.9. The second kappa shape index (κ2) is 9.39. The van der Waals surface area contributed by atoms with E-state index in [2.05, 4.69) is 10.3 Å². The maximum atomic E-state index is 13.0. The number of benzene rings is 3. The molecule has 1 saturated carbocycles. The van der Waals surface area contributed by atoms with Gasteiger partial charge in [0.25, 0.3) is 0 Å². The van der Waals surface area contributed by atoms with Crippen molar-refractivity contribution in [2.45, 2.75) is 25.4 Å². The molecule has 4 aromatic rings. The molecule has 3 aromatic carbocycles. The van der Waals surface area contributed by atoms with Crippen molar-refractivity contribution in [2.24, 2.45) is 11.8 Å². The van der Waals surface area contributed by atoms with Crippen LogP contribution in [0, 0.1) is 11.8 Å². The van der Waals surface area contributed by atoms with Crippen LogP contribution in [0.4, 0.5) is 24.0 Å². The van der Waals surface area contributed by atoms with Crippen LogP contribution in [-0.4, -0.2) is 21.8 Å². The molecule has 0 bridgehead atoms. The highest BCUT2D eigenvalue weighted by Crippen LogP contribution is 2.36. The number of thiazole rings is 1. The zero-order valence-electron chi connectivity index (χ0n) is 18.9. The van der Waals surface area contributed by atoms with Crippen molar-refractivity contribution in [3.05, 3.63) is 77.9 Å². The molecule has 2 atom stereocenters. The summed E-state index contributed by atoms with van der Waals surface area (Å²) in [6, 6.07) is 18.1. The smallest absolute Gasteiger partial charge is 0.416 e. The average molecular weight is 511 g/mol. The number of carbonyl (C=O) groups excluding carboxylic acids is 1. The summed E-state index contributed by atoms with van der Waals surface area (Å²) in [7, 11) is 0. The lowest BCUT2D eigenvalue weighted by molar-refractivity contribution is -0.142. The number of rotatable bonds is 6. The molecular weight excluding hydrogens is 489 g/mol. The van der Waals surface area contributed by atoms with Gasteiger partial charge in [0.2, 0.25) is 0 Å². The molecule has 0 amide bonds. The summed E-state index contributed by atoms with van der Waals surface area (Å²) in [5.74, 6) is -2.11. The summed E-state index contributed by atoms with van der Waals surface area (Å²) in [4.78, 5) is 28.6. The number of ketones is 1. The van der Waals surface area contributed by atoms with E-state index in [0.717, 1.165) is 46.7 Å². The molecule has 1 heterocycles. The van der Waals surface area contributed by atoms with Crippen molar-refractivity contribution in [1.82, 2.24) is 4.98 Å². The largest absolute Gasteiger partial charge is 0.481 e. The maximum absolute atomic E-state index is 13.0. The summed E-state index contributed by atoms with van der Waals surface area (Å²) in [6.07, 6.45) is -2.51. The van der Waals surface area contributed by atoms with Gasteiger partial charge in [-0.1, -0.05) is 54.2 Å². The van der Waals surface area contributed by atoms with Crippen LogP contribution in [0.3, 0.4) is 0 Å². The van der Waals surface area contributed by atoms with Crippen LogP contribution in [-0.2, 0) is 11.0 Å². The molecule has 0 saturated heterocycles. The molecule has 1 aromatic heterocycles. The van der Waals surface area contributed by atoms with Gasteiger partial charge in [0.15, 0.2) is 10.9 Å². The Morgan fingerprint density at radius 3 is 2.19 bits per heavy atom. The molecule has 1 fully saturated rings. The molecular formula is C27H21F3N2O3S. The number of hydrogen-bond acceptors (Lipinski definition) is 5. The molecule has 184 valence electrons. The highest BCUT2D eigenvalue weighted by molar-refractivity contribution is 7.22. The van der Waals surface area contributed by atoms with Gasteiger partial charge in [0.1, 0.15) is 0 Å². The van der Waals surface area contributed by atoms with Crippen molar-refractivity contribution >= 4 is 44.1 Å². The van der Waals surface area contributed by atoms with Crippen molar-refractivity contribution in [3.8, 4) is 11.1 Å². The summed E-state index contributed by atoms with van der Waals surface area (Å²) in [5.41, 5.74) is 2.87. The fraction of sp³-hybridized carbons (Fsp3) is 0.222. The van der Waals surface area contributed by atoms with Gasteiger partial charge in [-0.2, -0.15) is 13.2 Å². The molecule has 1 aliphatic carbocycles. The third-order valence-corrected chi connectivity index (χ3v) is 7.46. The van der Waals surface area contributed by atoms with Crippen LogP contribution in [0.15, 0.2) is 66.7 Å². The molecule has 0 unspecified atom stereocenters. The van der Waals surface area contributed by atoms with Gasteiger partial charge in [-0.3, -0.25) is 9.59 Å². The van der Waals surface area contributed by atoms with Gasteiger partial charge < -0.3 is 10.4 Å². The number of anilines is 2. The maximum Gasteiger partial charge on any atom is 0.416 e. The number of aliphatic carboxylic acids is 1. The minimum atomic E-state index is -4.40. The van der Waals surface area contributed by atoms with Gasteiger partial charge in [0, 0.05) is 17.2 Å². The number of halogens is 3. The predicted molar refractivity (Wildman–Crippen MR) is 133 cm³/mol. The van der Waals surface area contributed by atoms with Crippen molar-refractivity contribution in [1.29, 1.82) is 0 Å². The molecule has 9 heteroatoms. The first-order valence-corrected chi connectivity index (χ1v) is 12.2. The van der Waals surface area contributed by atoms with Crippen molar-refractivity contribution < 1.29 is 27.9 Å². The Labute approximate surface area is 208 Å². The Hall–Kier alpha value is -3.72. The minimum absolute atomic E-state index is 0.121. The van der Waals surface area contributed by atoms with Crippen LogP contribution >= 0.6 is 11.3 Å². The van der Waals surface area contributed by atoms with E-state index in [1.807, 2.05) is 36.4 Å². The first kappa shape index (κ1) is 24.0. The number of carbonyl (C=O) groups is 2. The van der Waals surface area contributed by atoms with E-state index >= 15 is 0 Å². The third-order valence-electron chi connectivity index (χ3n) is 6.52. The van der Waals surface area contributed by atoms with Crippen molar-refractivity contribution in [3.63, 3.8) is 0 Å². The number of hydrogen-bond donors (Lipinski definition) is 2. The number of Topliss-reactive ketones (excluding diaryl/α,β-unsaturated/α-hetero) is 1. The number of fused-ring (bicyclic) bond motifs is 1. The Morgan fingerprint density at radius 1 is 0.917 bits per heavy atom. The first-order chi connectivity index (χ1) is 17.2. The highest BCUT2D eigenvalue weighted by Gasteiger charge is 2.38. The number of alkyl halides is 3. The Morgan fingerprint density at radius 2 is 1.56 bits per heavy atom. The summed E-state index contributed by atoms with van der Waals surface area (Å²) in [6.45, 7) is 0. The van der Waals surface area contributed by atoms with E-state index in [1.165, 1.54) is 6.07 Å². The molecule has 5 nitrogen and oxygen atoms in total. The molecule has 36 heavy (non-hydrogen) atoms. The lowest BCUT2D eigenvalue weighted by atomic mass is 9.88. The van der Waals surface area contributed by atoms with Gasteiger partial charge in [-0.25, -0.2) is 4.98 Å². The molecule has 0 spiro atoms. The van der Waals surface area contributed by atoms with Gasteiger partial charge in [0.05, 0.1) is 21.7 Å². The fourth-order valence-electron chi connectivity index (χ4n) is 4.63. The van der Waals surface area contributed by atoms with Crippen LogP contribution in [0.25, 0.3) is 21.3 Å². The SMILES string of the molecule is O=C(O)[C@H]1CCC[C@@H]1C(=O)c1ccc(-c2ccc(Nc3nc4ccc(C(F)(F)F)cc4s3)cc2)cc1. The zero-order valence-corrected chi connectivity index (χ0v) is 19.7. The highest BCUT2D eigenvalue weighted by atomic mass is 32.1. The van der Waals surface area contributed by atoms with Crippen LogP contribution in [0.1, 0.15) is 35.2 Å². The fourth-order valence-corrected chi connectivity index (χ4v) is 5.56. The van der Waals surface area contributed by atoms with Crippen LogP contribution in [0.5, 0.6) is 0 Å². The average Bonchev–Trinajstić information content (AvgIpc) is 3.50. The molecule has 0 radical (unpaired) electrons. The molecule has 0 aliphatic heterocycles.